The van der Waals surface area contributed by atoms with Crippen LogP contribution in [-0.2, 0) is 16.0 Å². The molecule has 4 heteroatoms. The zero-order valence-electron chi connectivity index (χ0n) is 9.23. The van der Waals surface area contributed by atoms with Crippen molar-refractivity contribution in [3.63, 3.8) is 0 Å². The minimum absolute atomic E-state index is 0.147. The third-order valence-corrected chi connectivity index (χ3v) is 2.96. The number of likely N-dealkylation sites (N-methyl/N-ethyl adjacent to an activating group) is 1. The second-order valence-corrected chi connectivity index (χ2v) is 4.40. The zero-order valence-corrected chi connectivity index (χ0v) is 10.0. The van der Waals surface area contributed by atoms with E-state index in [1.165, 1.54) is 4.88 Å². The molecule has 0 fully saturated rings. The number of hydrogen-bond donors (Lipinski definition) is 0. The van der Waals surface area contributed by atoms with Crippen LogP contribution in [0.2, 0.25) is 0 Å². The summed E-state index contributed by atoms with van der Waals surface area (Å²) in [6, 6.07) is 4.16. The Morgan fingerprint density at radius 2 is 2.40 bits per heavy atom. The molecule has 3 nitrogen and oxygen atoms in total. The van der Waals surface area contributed by atoms with Gasteiger partial charge in [0.05, 0.1) is 13.2 Å². The van der Waals surface area contributed by atoms with Gasteiger partial charge in [0.1, 0.15) is 0 Å². The summed E-state index contributed by atoms with van der Waals surface area (Å²) in [7, 11) is 1.94. The summed E-state index contributed by atoms with van der Waals surface area (Å²) >= 11 is 1.75. The van der Waals surface area contributed by atoms with Crippen molar-refractivity contribution in [3.8, 4) is 0 Å². The van der Waals surface area contributed by atoms with Crippen molar-refractivity contribution in [1.82, 2.24) is 4.90 Å². The van der Waals surface area contributed by atoms with Crippen LogP contribution in [0.5, 0.6) is 0 Å². The number of nitrogens with zero attached hydrogens (tertiary/aromatic N) is 1. The monoisotopic (exact) mass is 227 g/mol. The second kappa shape index (κ2) is 6.58. The Bertz CT molecular complexity index is 285. The van der Waals surface area contributed by atoms with Crippen LogP contribution in [0.25, 0.3) is 0 Å². The summed E-state index contributed by atoms with van der Waals surface area (Å²) in [5.41, 5.74) is 0. The van der Waals surface area contributed by atoms with Crippen molar-refractivity contribution in [3.05, 3.63) is 22.4 Å². The Balaban J connectivity index is 2.18. The van der Waals surface area contributed by atoms with Crippen LogP contribution in [0.4, 0.5) is 0 Å². The van der Waals surface area contributed by atoms with Crippen LogP contribution in [0, 0.1) is 0 Å². The fraction of sp³-hybridized carbons (Fsp3) is 0.545. The van der Waals surface area contributed by atoms with Crippen molar-refractivity contribution in [1.29, 1.82) is 0 Å². The molecule has 84 valence electrons. The quantitative estimate of drug-likeness (QED) is 0.694. The number of carbonyl (C=O) groups excluding carboxylic acids is 1. The van der Waals surface area contributed by atoms with E-state index < -0.39 is 0 Å². The number of ether oxygens (including phenoxy) is 1. The van der Waals surface area contributed by atoms with Crippen LogP contribution in [0.15, 0.2) is 17.5 Å². The van der Waals surface area contributed by atoms with Gasteiger partial charge in [-0.3, -0.25) is 9.69 Å². The van der Waals surface area contributed by atoms with Crippen molar-refractivity contribution < 1.29 is 9.53 Å². The van der Waals surface area contributed by atoms with E-state index in [-0.39, 0.29) is 5.97 Å². The maximum atomic E-state index is 11.2. The first-order valence-electron chi connectivity index (χ1n) is 5.09. The molecule has 0 aliphatic rings. The number of thiophene rings is 1. The lowest BCUT2D eigenvalue weighted by atomic mass is 10.3. The fourth-order valence-corrected chi connectivity index (χ4v) is 1.96. The van der Waals surface area contributed by atoms with Gasteiger partial charge in [0.15, 0.2) is 0 Å². The molecule has 0 aromatic carbocycles. The smallest absolute Gasteiger partial charge is 0.320 e. The van der Waals surface area contributed by atoms with Gasteiger partial charge in [-0.25, -0.2) is 0 Å². The van der Waals surface area contributed by atoms with E-state index in [9.17, 15) is 4.79 Å². The molecule has 0 radical (unpaired) electrons. The molecule has 1 aromatic heterocycles. The molecule has 0 unspecified atom stereocenters. The van der Waals surface area contributed by atoms with E-state index in [2.05, 4.69) is 11.4 Å². The Hall–Kier alpha value is -0.870. The number of esters is 1. The van der Waals surface area contributed by atoms with E-state index >= 15 is 0 Å². The van der Waals surface area contributed by atoms with Gasteiger partial charge in [-0.2, -0.15) is 0 Å². The van der Waals surface area contributed by atoms with Crippen molar-refractivity contribution in [2.75, 3.05) is 26.7 Å². The molecular formula is C11H17NO2S. The second-order valence-electron chi connectivity index (χ2n) is 3.37. The molecule has 0 atom stereocenters. The van der Waals surface area contributed by atoms with Crippen LogP contribution in [-0.4, -0.2) is 37.6 Å². The van der Waals surface area contributed by atoms with E-state index in [1.54, 1.807) is 11.3 Å². The molecule has 1 heterocycles. The number of hydrogen-bond acceptors (Lipinski definition) is 4. The molecule has 0 N–H and O–H groups in total. The lowest BCUT2D eigenvalue weighted by Gasteiger charge is -2.14. The molecule has 0 amide bonds. The molecule has 0 saturated heterocycles. The van der Waals surface area contributed by atoms with Crippen molar-refractivity contribution >= 4 is 17.3 Å². The summed E-state index contributed by atoms with van der Waals surface area (Å²) in [4.78, 5) is 14.5. The predicted octanol–water partition coefficient (Wildman–Crippen LogP) is 1.79. The molecule has 0 aliphatic carbocycles. The van der Waals surface area contributed by atoms with E-state index in [0.29, 0.717) is 13.2 Å². The lowest BCUT2D eigenvalue weighted by molar-refractivity contribution is -0.144. The van der Waals surface area contributed by atoms with Gasteiger partial charge < -0.3 is 4.74 Å². The Labute approximate surface area is 94.7 Å². The summed E-state index contributed by atoms with van der Waals surface area (Å²) < 4.78 is 4.87. The molecule has 1 aromatic rings. The van der Waals surface area contributed by atoms with Gasteiger partial charge in [0, 0.05) is 11.4 Å². The highest BCUT2D eigenvalue weighted by Crippen LogP contribution is 2.09. The van der Waals surface area contributed by atoms with Gasteiger partial charge in [-0.15, -0.1) is 11.3 Å². The normalized spacial score (nSPS) is 10.6. The minimum Gasteiger partial charge on any atom is -0.465 e. The molecule has 0 bridgehead atoms. The maximum Gasteiger partial charge on any atom is 0.320 e. The number of carbonyl (C=O) groups is 1. The highest BCUT2D eigenvalue weighted by molar-refractivity contribution is 7.09. The maximum absolute atomic E-state index is 11.2. The standard InChI is InChI=1S/C11H17NO2S/c1-3-14-11(13)9-12(2)7-6-10-5-4-8-15-10/h4-5,8H,3,6-7,9H2,1-2H3. The van der Waals surface area contributed by atoms with E-state index in [0.717, 1.165) is 13.0 Å². The summed E-state index contributed by atoms with van der Waals surface area (Å²) in [6.45, 7) is 3.54. The fourth-order valence-electron chi connectivity index (χ4n) is 1.26. The molecular weight excluding hydrogens is 210 g/mol. The predicted molar refractivity (Wildman–Crippen MR) is 62.2 cm³/mol. The average Bonchev–Trinajstić information content (AvgIpc) is 2.67. The third kappa shape index (κ3) is 4.95. The van der Waals surface area contributed by atoms with Crippen LogP contribution >= 0.6 is 11.3 Å². The van der Waals surface area contributed by atoms with Gasteiger partial charge in [-0.1, -0.05) is 6.07 Å². The molecule has 1 rings (SSSR count). The van der Waals surface area contributed by atoms with Crippen LogP contribution < -0.4 is 0 Å². The van der Waals surface area contributed by atoms with Gasteiger partial charge in [-0.05, 0) is 31.8 Å². The third-order valence-electron chi connectivity index (χ3n) is 2.02. The SMILES string of the molecule is CCOC(=O)CN(C)CCc1cccs1. The highest BCUT2D eigenvalue weighted by atomic mass is 32.1. The zero-order chi connectivity index (χ0) is 11.1. The van der Waals surface area contributed by atoms with Gasteiger partial charge >= 0.3 is 5.97 Å². The number of rotatable bonds is 6. The Morgan fingerprint density at radius 1 is 1.60 bits per heavy atom. The minimum atomic E-state index is -0.147. The Kier molecular flexibility index (Phi) is 5.36. The largest absolute Gasteiger partial charge is 0.465 e. The first-order valence-corrected chi connectivity index (χ1v) is 5.97. The van der Waals surface area contributed by atoms with Gasteiger partial charge in [0.25, 0.3) is 0 Å². The molecule has 0 saturated carbocycles. The molecule has 0 aliphatic heterocycles. The molecule has 15 heavy (non-hydrogen) atoms. The van der Waals surface area contributed by atoms with E-state index in [1.807, 2.05) is 24.9 Å². The first kappa shape index (κ1) is 12.2. The highest BCUT2D eigenvalue weighted by Gasteiger charge is 2.06. The van der Waals surface area contributed by atoms with E-state index in [4.69, 9.17) is 4.74 Å². The van der Waals surface area contributed by atoms with Crippen molar-refractivity contribution in [2.24, 2.45) is 0 Å². The molecule has 0 spiro atoms. The van der Waals surface area contributed by atoms with Crippen molar-refractivity contribution in [2.45, 2.75) is 13.3 Å². The summed E-state index contributed by atoms with van der Waals surface area (Å²) in [6.07, 6.45) is 0.994. The van der Waals surface area contributed by atoms with Crippen LogP contribution in [0.1, 0.15) is 11.8 Å². The summed E-state index contributed by atoms with van der Waals surface area (Å²) in [5.74, 6) is -0.147. The average molecular weight is 227 g/mol. The van der Waals surface area contributed by atoms with Crippen LogP contribution in [0.3, 0.4) is 0 Å². The summed E-state index contributed by atoms with van der Waals surface area (Å²) in [5, 5.41) is 2.07. The Morgan fingerprint density at radius 3 is 3.00 bits per heavy atom. The topological polar surface area (TPSA) is 29.5 Å². The first-order chi connectivity index (χ1) is 7.22. The van der Waals surface area contributed by atoms with Gasteiger partial charge in [0.2, 0.25) is 0 Å². The lowest BCUT2D eigenvalue weighted by Crippen LogP contribution is -2.29.